The fourth-order valence-corrected chi connectivity index (χ4v) is 1.96. The van der Waals surface area contributed by atoms with Crippen LogP contribution in [-0.4, -0.2) is 9.38 Å². The highest BCUT2D eigenvalue weighted by Crippen LogP contribution is 2.21. The van der Waals surface area contributed by atoms with Crippen LogP contribution in [0.25, 0.3) is 5.65 Å². The third kappa shape index (κ3) is 2.59. The highest BCUT2D eigenvalue weighted by Gasteiger charge is 2.13. The monoisotopic (exact) mass is 266 g/mol. The Hall–Kier alpha value is -0.830. The first kappa shape index (κ1) is 10.7. The van der Waals surface area contributed by atoms with Gasteiger partial charge in [-0.25, -0.2) is 4.98 Å². The van der Waals surface area contributed by atoms with Crippen LogP contribution in [0.4, 0.5) is 0 Å². The van der Waals surface area contributed by atoms with E-state index in [1.54, 1.807) is 0 Å². The van der Waals surface area contributed by atoms with Crippen LogP contribution in [0.5, 0.6) is 0 Å². The van der Waals surface area contributed by atoms with Gasteiger partial charge in [0.15, 0.2) is 0 Å². The highest BCUT2D eigenvalue weighted by atomic mass is 79.9. The van der Waals surface area contributed by atoms with Crippen LogP contribution in [0.1, 0.15) is 26.5 Å². The fourth-order valence-electron chi connectivity index (χ4n) is 1.64. The van der Waals surface area contributed by atoms with Crippen molar-refractivity contribution in [2.45, 2.75) is 27.2 Å². The van der Waals surface area contributed by atoms with Crippen molar-refractivity contribution in [3.63, 3.8) is 0 Å². The second-order valence-corrected chi connectivity index (χ2v) is 6.00. The van der Waals surface area contributed by atoms with E-state index in [2.05, 4.69) is 52.3 Å². The number of hydrogen-bond donors (Lipinski definition) is 0. The molecule has 2 aromatic rings. The molecule has 2 aromatic heterocycles. The Kier molecular flexibility index (Phi) is 2.59. The van der Waals surface area contributed by atoms with Gasteiger partial charge in [-0.3, -0.25) is 0 Å². The highest BCUT2D eigenvalue weighted by molar-refractivity contribution is 9.10. The lowest BCUT2D eigenvalue weighted by molar-refractivity contribution is 0.407. The number of hydrogen-bond acceptors (Lipinski definition) is 1. The Balaban J connectivity index is 2.39. The molecule has 2 heterocycles. The van der Waals surface area contributed by atoms with E-state index >= 15 is 0 Å². The lowest BCUT2D eigenvalue weighted by Crippen LogP contribution is -2.09. The molecule has 0 spiro atoms. The van der Waals surface area contributed by atoms with Crippen molar-refractivity contribution in [2.75, 3.05) is 0 Å². The van der Waals surface area contributed by atoms with Gasteiger partial charge in [0, 0.05) is 16.9 Å². The summed E-state index contributed by atoms with van der Waals surface area (Å²) < 4.78 is 3.13. The van der Waals surface area contributed by atoms with E-state index in [1.165, 1.54) is 0 Å². The molecule has 0 aromatic carbocycles. The number of rotatable bonds is 1. The van der Waals surface area contributed by atoms with Gasteiger partial charge in [0.25, 0.3) is 0 Å². The van der Waals surface area contributed by atoms with Crippen molar-refractivity contribution in [3.8, 4) is 0 Å². The molecule has 15 heavy (non-hydrogen) atoms. The van der Waals surface area contributed by atoms with Crippen molar-refractivity contribution in [2.24, 2.45) is 5.41 Å². The average molecular weight is 267 g/mol. The predicted octanol–water partition coefficient (Wildman–Crippen LogP) is 3.69. The summed E-state index contributed by atoms with van der Waals surface area (Å²) in [5.74, 6) is 0. The Morgan fingerprint density at radius 1 is 1.40 bits per heavy atom. The van der Waals surface area contributed by atoms with E-state index in [0.717, 1.165) is 22.2 Å². The van der Waals surface area contributed by atoms with E-state index < -0.39 is 0 Å². The molecular formula is C12H15BrN2. The number of aromatic nitrogens is 2. The zero-order valence-electron chi connectivity index (χ0n) is 9.29. The van der Waals surface area contributed by atoms with E-state index in [-0.39, 0.29) is 5.41 Å². The average Bonchev–Trinajstić information content (AvgIpc) is 2.42. The van der Waals surface area contributed by atoms with Crippen molar-refractivity contribution < 1.29 is 0 Å². The number of halogens is 1. The first-order valence-electron chi connectivity index (χ1n) is 5.07. The minimum atomic E-state index is 0.287. The van der Waals surface area contributed by atoms with Gasteiger partial charge in [-0.05, 0) is 24.0 Å². The molecule has 0 fully saturated rings. The summed E-state index contributed by atoms with van der Waals surface area (Å²) in [5.41, 5.74) is 2.44. The molecule has 0 saturated heterocycles. The van der Waals surface area contributed by atoms with Crippen molar-refractivity contribution >= 4 is 21.6 Å². The van der Waals surface area contributed by atoms with Crippen LogP contribution in [-0.2, 0) is 6.42 Å². The molecule has 0 N–H and O–H groups in total. The summed E-state index contributed by atoms with van der Waals surface area (Å²) in [4.78, 5) is 4.59. The fraction of sp³-hybridized carbons (Fsp3) is 0.417. The molecule has 0 aliphatic rings. The molecule has 0 unspecified atom stereocenters. The smallest absolute Gasteiger partial charge is 0.138 e. The van der Waals surface area contributed by atoms with Crippen LogP contribution >= 0.6 is 15.9 Å². The number of fused-ring (bicyclic) bond motifs is 1. The maximum Gasteiger partial charge on any atom is 0.138 e. The molecule has 0 aliphatic heterocycles. The number of imidazole rings is 1. The minimum absolute atomic E-state index is 0.287. The first-order chi connectivity index (χ1) is 6.94. The normalized spacial score (nSPS) is 12.3. The van der Waals surface area contributed by atoms with Crippen LogP contribution in [0.15, 0.2) is 29.0 Å². The Bertz CT molecular complexity index is 480. The topological polar surface area (TPSA) is 17.3 Å². The van der Waals surface area contributed by atoms with Crippen LogP contribution in [0.3, 0.4) is 0 Å². The quantitative estimate of drug-likeness (QED) is 0.770. The lowest BCUT2D eigenvalue weighted by Gasteiger charge is -2.15. The Labute approximate surface area is 98.5 Å². The molecule has 0 atom stereocenters. The van der Waals surface area contributed by atoms with E-state index in [4.69, 9.17) is 0 Å². The van der Waals surface area contributed by atoms with Crippen molar-refractivity contribution in [1.82, 2.24) is 9.38 Å². The summed E-state index contributed by atoms with van der Waals surface area (Å²) >= 11 is 3.45. The summed E-state index contributed by atoms with van der Waals surface area (Å²) in [6.07, 6.45) is 5.14. The van der Waals surface area contributed by atoms with Crippen LogP contribution in [0, 0.1) is 5.41 Å². The third-order valence-corrected chi connectivity index (χ3v) is 2.68. The van der Waals surface area contributed by atoms with E-state index in [9.17, 15) is 0 Å². The van der Waals surface area contributed by atoms with Crippen LogP contribution in [0.2, 0.25) is 0 Å². The van der Waals surface area contributed by atoms with Gasteiger partial charge in [0.1, 0.15) is 5.65 Å². The molecule has 0 aliphatic carbocycles. The zero-order chi connectivity index (χ0) is 11.1. The Morgan fingerprint density at radius 3 is 2.80 bits per heavy atom. The first-order valence-corrected chi connectivity index (χ1v) is 5.86. The lowest BCUT2D eigenvalue weighted by atomic mass is 9.91. The van der Waals surface area contributed by atoms with Gasteiger partial charge in [-0.15, -0.1) is 0 Å². The van der Waals surface area contributed by atoms with Gasteiger partial charge in [-0.2, -0.15) is 0 Å². The van der Waals surface area contributed by atoms with E-state index in [1.807, 2.05) is 18.3 Å². The Morgan fingerprint density at radius 2 is 2.13 bits per heavy atom. The van der Waals surface area contributed by atoms with Crippen LogP contribution < -0.4 is 0 Å². The van der Waals surface area contributed by atoms with E-state index in [0.29, 0.717) is 0 Å². The third-order valence-electron chi connectivity index (χ3n) is 2.18. The van der Waals surface area contributed by atoms with Gasteiger partial charge in [0.2, 0.25) is 0 Å². The molecule has 3 heteroatoms. The molecule has 80 valence electrons. The summed E-state index contributed by atoms with van der Waals surface area (Å²) in [5, 5.41) is 0. The van der Waals surface area contributed by atoms with Gasteiger partial charge < -0.3 is 4.40 Å². The minimum Gasteiger partial charge on any atom is -0.307 e. The maximum absolute atomic E-state index is 4.59. The molecular weight excluding hydrogens is 252 g/mol. The molecule has 2 nitrogen and oxygen atoms in total. The second kappa shape index (κ2) is 3.63. The summed E-state index contributed by atoms with van der Waals surface area (Å²) in [6.45, 7) is 6.69. The van der Waals surface area contributed by atoms with Gasteiger partial charge in [-0.1, -0.05) is 36.7 Å². The largest absolute Gasteiger partial charge is 0.307 e. The van der Waals surface area contributed by atoms with Crippen molar-refractivity contribution in [3.05, 3.63) is 34.7 Å². The molecule has 0 amide bonds. The SMILES string of the molecule is CC(C)(C)Cc1cn2ccc(Br)cc2n1. The predicted molar refractivity (Wildman–Crippen MR) is 66.1 cm³/mol. The number of pyridine rings is 1. The molecule has 0 bridgehead atoms. The maximum atomic E-state index is 4.59. The molecule has 0 radical (unpaired) electrons. The summed E-state index contributed by atoms with van der Waals surface area (Å²) in [6, 6.07) is 4.06. The second-order valence-electron chi connectivity index (χ2n) is 5.08. The number of nitrogens with zero attached hydrogens (tertiary/aromatic N) is 2. The van der Waals surface area contributed by atoms with Crippen molar-refractivity contribution in [1.29, 1.82) is 0 Å². The molecule has 0 saturated carbocycles. The van der Waals surface area contributed by atoms with Gasteiger partial charge >= 0.3 is 0 Å². The summed E-state index contributed by atoms with van der Waals surface area (Å²) in [7, 11) is 0. The van der Waals surface area contributed by atoms with Gasteiger partial charge in [0.05, 0.1) is 5.69 Å². The standard InChI is InChI=1S/C12H15BrN2/c1-12(2,3)7-10-8-15-5-4-9(13)6-11(15)14-10/h4-6,8H,7H2,1-3H3. The zero-order valence-corrected chi connectivity index (χ0v) is 10.9. The molecule has 2 rings (SSSR count).